The van der Waals surface area contributed by atoms with Crippen LogP contribution in [-0.2, 0) is 9.16 Å². The van der Waals surface area contributed by atoms with Crippen molar-refractivity contribution in [2.45, 2.75) is 39.3 Å². The molecule has 0 heterocycles. The third-order valence-corrected chi connectivity index (χ3v) is 2.01. The second-order valence-corrected chi connectivity index (χ2v) is 8.30. The minimum absolute atomic E-state index is 0.584. The van der Waals surface area contributed by atoms with Gasteiger partial charge < -0.3 is 9.16 Å². The zero-order valence-corrected chi connectivity index (χ0v) is 8.97. The van der Waals surface area contributed by atoms with Crippen LogP contribution in [0.15, 0.2) is 6.26 Å². The van der Waals surface area contributed by atoms with E-state index in [1.165, 1.54) is 6.26 Å². The maximum absolute atomic E-state index is 5.67. The molecule has 0 fully saturated rings. The van der Waals surface area contributed by atoms with Gasteiger partial charge in [0.05, 0.1) is 6.26 Å². The van der Waals surface area contributed by atoms with E-state index in [9.17, 15) is 0 Å². The first-order valence-electron chi connectivity index (χ1n) is 3.68. The van der Waals surface area contributed by atoms with Gasteiger partial charge in [-0.1, -0.05) is 0 Å². The Labute approximate surface area is 70.3 Å². The Morgan fingerprint density at radius 2 is 1.73 bits per heavy atom. The molecule has 3 heteroatoms. The molecule has 0 bridgehead atoms. The summed E-state index contributed by atoms with van der Waals surface area (Å²) in [5.41, 5.74) is 0. The zero-order chi connectivity index (χ0) is 9.12. The first-order chi connectivity index (χ1) is 4.77. The van der Waals surface area contributed by atoms with Crippen molar-refractivity contribution >= 4 is 8.32 Å². The van der Waals surface area contributed by atoms with Gasteiger partial charge in [-0.25, -0.2) is 0 Å². The molecule has 0 aromatic heterocycles. The Morgan fingerprint density at radius 3 is 2.00 bits per heavy atom. The predicted octanol–water partition coefficient (Wildman–Crippen LogP) is 2.54. The second-order valence-electron chi connectivity index (χ2n) is 3.87. The van der Waals surface area contributed by atoms with Gasteiger partial charge in [0, 0.05) is 0 Å². The molecule has 0 aromatic carbocycles. The van der Waals surface area contributed by atoms with Crippen molar-refractivity contribution in [1.29, 1.82) is 0 Å². The molecule has 0 aliphatic rings. The van der Waals surface area contributed by atoms with Crippen LogP contribution in [-0.4, -0.2) is 14.1 Å². The molecule has 0 rings (SSSR count). The van der Waals surface area contributed by atoms with Crippen LogP contribution < -0.4 is 0 Å². The Balaban J connectivity index is 4.00. The van der Waals surface area contributed by atoms with Crippen molar-refractivity contribution in [3.8, 4) is 0 Å². The molecule has 0 aliphatic heterocycles. The maximum Gasteiger partial charge on any atom is 0.194 e. The zero-order valence-electron chi connectivity index (χ0n) is 7.97. The predicted molar refractivity (Wildman–Crippen MR) is 48.5 cm³/mol. The number of rotatable bonds is 4. The summed E-state index contributed by atoms with van der Waals surface area (Å²) in [6.45, 7) is 15.2. The van der Waals surface area contributed by atoms with E-state index in [1.807, 2.05) is 13.8 Å². The fourth-order valence-electron chi connectivity index (χ4n) is 0.925. The minimum atomic E-state index is -1.53. The van der Waals surface area contributed by atoms with Crippen LogP contribution in [0.4, 0.5) is 0 Å². The van der Waals surface area contributed by atoms with Gasteiger partial charge in [0.15, 0.2) is 14.1 Å². The summed E-state index contributed by atoms with van der Waals surface area (Å²) in [4.78, 5) is 0. The van der Waals surface area contributed by atoms with Gasteiger partial charge in [-0.15, -0.1) is 0 Å². The standard InChI is InChI=1S/C8H17O2Si/c1-7-9-8(2,3)10-11(4,5)6/h1,7H,2-6H3. The van der Waals surface area contributed by atoms with Gasteiger partial charge in [-0.3, -0.25) is 0 Å². The molecule has 0 aliphatic carbocycles. The van der Waals surface area contributed by atoms with Gasteiger partial charge in [-0.05, 0) is 40.1 Å². The van der Waals surface area contributed by atoms with E-state index in [0.29, 0.717) is 0 Å². The van der Waals surface area contributed by atoms with E-state index in [2.05, 4.69) is 19.6 Å². The van der Waals surface area contributed by atoms with Crippen molar-refractivity contribution in [1.82, 2.24) is 0 Å². The number of hydrogen-bond acceptors (Lipinski definition) is 2. The van der Waals surface area contributed by atoms with E-state index >= 15 is 0 Å². The van der Waals surface area contributed by atoms with Crippen LogP contribution in [0.5, 0.6) is 0 Å². The van der Waals surface area contributed by atoms with Crippen LogP contribution in [0.2, 0.25) is 19.6 Å². The average Bonchev–Trinajstić information content (AvgIpc) is 1.55. The molecule has 65 valence electrons. The monoisotopic (exact) mass is 173 g/mol. The summed E-state index contributed by atoms with van der Waals surface area (Å²) in [5.74, 6) is -0.584. The molecule has 0 spiro atoms. The highest BCUT2D eigenvalue weighted by Crippen LogP contribution is 2.18. The summed E-state index contributed by atoms with van der Waals surface area (Å²) >= 11 is 0. The highest BCUT2D eigenvalue weighted by molar-refractivity contribution is 6.69. The van der Waals surface area contributed by atoms with E-state index in [-0.39, 0.29) is 0 Å². The largest absolute Gasteiger partial charge is 0.472 e. The summed E-state index contributed by atoms with van der Waals surface area (Å²) in [7, 11) is -1.53. The van der Waals surface area contributed by atoms with Crippen molar-refractivity contribution in [3.63, 3.8) is 0 Å². The van der Waals surface area contributed by atoms with Gasteiger partial charge >= 0.3 is 0 Å². The molecule has 11 heavy (non-hydrogen) atoms. The lowest BCUT2D eigenvalue weighted by molar-refractivity contribution is -0.119. The molecular formula is C8H17O2Si. The Hall–Kier alpha value is -0.283. The third kappa shape index (κ3) is 6.13. The van der Waals surface area contributed by atoms with E-state index in [0.717, 1.165) is 0 Å². The van der Waals surface area contributed by atoms with Crippen LogP contribution in [0.1, 0.15) is 13.8 Å². The SMILES string of the molecule is [CH]=COC(C)(C)O[Si](C)(C)C. The molecular weight excluding hydrogens is 156 g/mol. The fourth-order valence-corrected chi connectivity index (χ4v) is 2.45. The van der Waals surface area contributed by atoms with Crippen molar-refractivity contribution in [2.75, 3.05) is 0 Å². The third-order valence-electron chi connectivity index (χ3n) is 0.904. The first kappa shape index (κ1) is 10.7. The molecule has 0 saturated carbocycles. The Morgan fingerprint density at radius 1 is 1.27 bits per heavy atom. The van der Waals surface area contributed by atoms with Crippen LogP contribution in [0.25, 0.3) is 0 Å². The lowest BCUT2D eigenvalue weighted by Crippen LogP contribution is -2.39. The van der Waals surface area contributed by atoms with Crippen molar-refractivity contribution in [3.05, 3.63) is 12.8 Å². The molecule has 0 amide bonds. The second kappa shape index (κ2) is 3.41. The first-order valence-corrected chi connectivity index (χ1v) is 7.09. The van der Waals surface area contributed by atoms with Gasteiger partial charge in [0.1, 0.15) is 0 Å². The lowest BCUT2D eigenvalue weighted by atomic mass is 10.4. The summed E-state index contributed by atoms with van der Waals surface area (Å²) in [6.07, 6.45) is 1.17. The molecule has 1 radical (unpaired) electrons. The molecule has 0 aromatic rings. The summed E-state index contributed by atoms with van der Waals surface area (Å²) in [6, 6.07) is 0. The smallest absolute Gasteiger partial charge is 0.194 e. The molecule has 2 nitrogen and oxygen atoms in total. The number of hydrogen-bond donors (Lipinski definition) is 0. The topological polar surface area (TPSA) is 18.5 Å². The molecule has 0 saturated heterocycles. The van der Waals surface area contributed by atoms with Gasteiger partial charge in [-0.2, -0.15) is 0 Å². The maximum atomic E-state index is 5.67. The molecule has 0 unspecified atom stereocenters. The van der Waals surface area contributed by atoms with Crippen LogP contribution in [0, 0.1) is 6.58 Å². The van der Waals surface area contributed by atoms with Gasteiger partial charge in [0.2, 0.25) is 0 Å². The Bertz CT molecular complexity index is 136. The average molecular weight is 173 g/mol. The lowest BCUT2D eigenvalue weighted by Gasteiger charge is -2.31. The van der Waals surface area contributed by atoms with E-state index < -0.39 is 14.1 Å². The van der Waals surface area contributed by atoms with E-state index in [4.69, 9.17) is 15.7 Å². The normalized spacial score (nSPS) is 12.8. The van der Waals surface area contributed by atoms with Crippen molar-refractivity contribution < 1.29 is 9.16 Å². The van der Waals surface area contributed by atoms with Crippen LogP contribution in [0.3, 0.4) is 0 Å². The van der Waals surface area contributed by atoms with Gasteiger partial charge in [0.25, 0.3) is 0 Å². The van der Waals surface area contributed by atoms with E-state index in [1.54, 1.807) is 0 Å². The Kier molecular flexibility index (Phi) is 3.32. The van der Waals surface area contributed by atoms with Crippen molar-refractivity contribution in [2.24, 2.45) is 0 Å². The fraction of sp³-hybridized carbons (Fsp3) is 0.750. The quantitative estimate of drug-likeness (QED) is 0.369. The van der Waals surface area contributed by atoms with Crippen LogP contribution >= 0.6 is 0 Å². The minimum Gasteiger partial charge on any atom is -0.472 e. The molecule has 0 N–H and O–H groups in total. The summed E-state index contributed by atoms with van der Waals surface area (Å²) < 4.78 is 10.7. The highest BCUT2D eigenvalue weighted by Gasteiger charge is 2.27. The summed E-state index contributed by atoms with van der Waals surface area (Å²) in [5, 5.41) is 0. The highest BCUT2D eigenvalue weighted by atomic mass is 28.4. The number of ether oxygens (including phenoxy) is 1. The molecule has 0 atom stereocenters.